The molecule has 2 aromatic heterocycles. The van der Waals surface area contributed by atoms with Crippen molar-refractivity contribution in [3.63, 3.8) is 0 Å². The highest BCUT2D eigenvalue weighted by atomic mass is 19.4. The highest BCUT2D eigenvalue weighted by Gasteiger charge is 2.34. The Morgan fingerprint density at radius 2 is 1.93 bits per heavy atom. The van der Waals surface area contributed by atoms with Crippen molar-refractivity contribution in [2.45, 2.75) is 18.7 Å². The van der Waals surface area contributed by atoms with Crippen LogP contribution in [0, 0.1) is 11.3 Å². The fourth-order valence-electron chi connectivity index (χ4n) is 1.71. The molecular formula is C15H13F3N4O6. The van der Waals surface area contributed by atoms with Gasteiger partial charge in [0.1, 0.15) is 17.3 Å². The summed E-state index contributed by atoms with van der Waals surface area (Å²) in [6, 6.07) is 4.96. The number of ether oxygens (including phenoxy) is 1. The summed E-state index contributed by atoms with van der Waals surface area (Å²) >= 11 is 0. The zero-order valence-corrected chi connectivity index (χ0v) is 13.9. The van der Waals surface area contributed by atoms with E-state index < -0.39 is 35.8 Å². The third kappa shape index (κ3) is 6.57. The van der Waals surface area contributed by atoms with Gasteiger partial charge < -0.3 is 25.2 Å². The number of carboxylic acids is 2. The molecule has 0 fully saturated rings. The van der Waals surface area contributed by atoms with E-state index in [2.05, 4.69) is 10.1 Å². The average molecular weight is 402 g/mol. The van der Waals surface area contributed by atoms with Crippen molar-refractivity contribution < 1.29 is 42.2 Å². The Bertz CT molecular complexity index is 836. The highest BCUT2D eigenvalue weighted by molar-refractivity contribution is 6.27. The topological polar surface area (TPSA) is 173 Å². The van der Waals surface area contributed by atoms with Crippen LogP contribution in [-0.4, -0.2) is 38.8 Å². The highest BCUT2D eigenvalue weighted by Crippen LogP contribution is 2.32. The molecule has 2 heterocycles. The largest absolute Gasteiger partial charge is 0.473 e. The van der Waals surface area contributed by atoms with Crippen molar-refractivity contribution in [3.05, 3.63) is 41.4 Å². The number of aliphatic carboxylic acids is 2. The smallest absolute Gasteiger partial charge is 0.433 e. The number of nitriles is 1. The summed E-state index contributed by atoms with van der Waals surface area (Å²) in [6.07, 6.45) is -3.79. The second-order valence-electron chi connectivity index (χ2n) is 4.87. The van der Waals surface area contributed by atoms with Gasteiger partial charge in [-0.3, -0.25) is 0 Å². The van der Waals surface area contributed by atoms with Gasteiger partial charge in [-0.25, -0.2) is 14.6 Å². The van der Waals surface area contributed by atoms with Crippen molar-refractivity contribution in [1.29, 1.82) is 5.26 Å². The van der Waals surface area contributed by atoms with Crippen LogP contribution in [-0.2, 0) is 15.8 Å². The normalized spacial score (nSPS) is 11.5. The molecule has 0 aliphatic heterocycles. The number of alkyl halides is 3. The van der Waals surface area contributed by atoms with Crippen LogP contribution in [0.15, 0.2) is 28.9 Å². The molecule has 0 aliphatic rings. The van der Waals surface area contributed by atoms with Crippen molar-refractivity contribution in [2.75, 3.05) is 6.54 Å². The first kappa shape index (κ1) is 22.4. The third-order valence-corrected chi connectivity index (χ3v) is 2.91. The van der Waals surface area contributed by atoms with Crippen molar-refractivity contribution in [1.82, 2.24) is 10.1 Å². The molecule has 0 spiro atoms. The third-order valence-electron chi connectivity index (χ3n) is 2.91. The van der Waals surface area contributed by atoms with Crippen molar-refractivity contribution in [3.8, 4) is 11.9 Å². The maximum Gasteiger partial charge on any atom is 0.433 e. The van der Waals surface area contributed by atoms with Crippen LogP contribution < -0.4 is 10.5 Å². The number of hydrogen-bond acceptors (Lipinski definition) is 8. The molecule has 28 heavy (non-hydrogen) atoms. The lowest BCUT2D eigenvalue weighted by Gasteiger charge is -2.16. The number of nitrogens with zero attached hydrogens (tertiary/aromatic N) is 3. The molecule has 0 aromatic carbocycles. The van der Waals surface area contributed by atoms with Gasteiger partial charge in [0.25, 0.3) is 0 Å². The van der Waals surface area contributed by atoms with Crippen LogP contribution >= 0.6 is 0 Å². The van der Waals surface area contributed by atoms with Gasteiger partial charge in [-0.2, -0.15) is 18.4 Å². The Kier molecular flexibility index (Phi) is 7.90. The Balaban J connectivity index is 0.000000568. The number of carboxylic acid groups (broad SMARTS) is 2. The summed E-state index contributed by atoms with van der Waals surface area (Å²) in [5.41, 5.74) is 4.19. The van der Waals surface area contributed by atoms with E-state index in [1.807, 2.05) is 0 Å². The average Bonchev–Trinajstić information content (AvgIpc) is 3.15. The number of aromatic nitrogens is 2. The molecular weight excluding hydrogens is 389 g/mol. The van der Waals surface area contributed by atoms with E-state index in [1.165, 1.54) is 12.3 Å². The van der Waals surface area contributed by atoms with Crippen molar-refractivity contribution >= 4 is 11.9 Å². The maximum atomic E-state index is 12.7. The first-order valence-electron chi connectivity index (χ1n) is 7.32. The van der Waals surface area contributed by atoms with Gasteiger partial charge in [0.2, 0.25) is 5.88 Å². The number of pyridine rings is 1. The van der Waals surface area contributed by atoms with Gasteiger partial charge >= 0.3 is 18.1 Å². The minimum atomic E-state index is -4.64. The van der Waals surface area contributed by atoms with Crippen LogP contribution in [0.25, 0.3) is 0 Å². The zero-order valence-electron chi connectivity index (χ0n) is 13.9. The van der Waals surface area contributed by atoms with Gasteiger partial charge in [-0.15, -0.1) is 0 Å². The van der Waals surface area contributed by atoms with Gasteiger partial charge in [0.05, 0.1) is 6.20 Å². The Labute approximate surface area is 154 Å². The summed E-state index contributed by atoms with van der Waals surface area (Å²) < 4.78 is 48.5. The van der Waals surface area contributed by atoms with Gasteiger partial charge in [-0.1, -0.05) is 5.16 Å². The molecule has 2 aromatic rings. The number of carbonyl (C=O) groups is 2. The van der Waals surface area contributed by atoms with Crippen LogP contribution in [0.4, 0.5) is 13.2 Å². The molecule has 0 amide bonds. The first-order chi connectivity index (χ1) is 13.1. The number of rotatable bonds is 5. The molecule has 150 valence electrons. The van der Waals surface area contributed by atoms with E-state index in [1.54, 1.807) is 6.07 Å². The lowest BCUT2D eigenvalue weighted by atomic mass is 10.2. The Hall–Kier alpha value is -3.66. The first-order valence-corrected chi connectivity index (χ1v) is 7.32. The van der Waals surface area contributed by atoms with E-state index >= 15 is 0 Å². The summed E-state index contributed by atoms with van der Waals surface area (Å²) in [5.74, 6) is -3.79. The second kappa shape index (κ2) is 9.88. The quantitative estimate of drug-likeness (QED) is 0.623. The lowest BCUT2D eigenvalue weighted by Crippen LogP contribution is -2.15. The van der Waals surface area contributed by atoms with Crippen LogP contribution in [0.3, 0.4) is 0 Å². The molecule has 1 atom stereocenters. The fraction of sp³-hybridized carbons (Fsp3) is 0.267. The molecule has 0 unspecified atom stereocenters. The van der Waals surface area contributed by atoms with Gasteiger partial charge in [-0.05, 0) is 18.7 Å². The Morgan fingerprint density at radius 1 is 1.29 bits per heavy atom. The van der Waals surface area contributed by atoms with Crippen LogP contribution in [0.5, 0.6) is 5.88 Å². The molecule has 13 heteroatoms. The zero-order chi connectivity index (χ0) is 21.3. The van der Waals surface area contributed by atoms with Crippen LogP contribution in [0.1, 0.15) is 29.5 Å². The summed E-state index contributed by atoms with van der Waals surface area (Å²) in [7, 11) is 0. The van der Waals surface area contributed by atoms with Crippen molar-refractivity contribution in [2.24, 2.45) is 5.73 Å². The van der Waals surface area contributed by atoms with E-state index in [0.717, 1.165) is 12.1 Å². The molecule has 0 bridgehead atoms. The van der Waals surface area contributed by atoms with E-state index in [-0.39, 0.29) is 24.3 Å². The monoisotopic (exact) mass is 402 g/mol. The molecule has 4 N–H and O–H groups in total. The fourth-order valence-corrected chi connectivity index (χ4v) is 1.71. The van der Waals surface area contributed by atoms with E-state index in [4.69, 9.17) is 40.1 Å². The number of nitrogens with two attached hydrogens (primary N) is 1. The van der Waals surface area contributed by atoms with Crippen LogP contribution in [0.2, 0.25) is 0 Å². The summed E-state index contributed by atoms with van der Waals surface area (Å²) in [4.78, 5) is 21.6. The lowest BCUT2D eigenvalue weighted by molar-refractivity contribution is -0.159. The van der Waals surface area contributed by atoms with Gasteiger partial charge in [0, 0.05) is 12.5 Å². The molecule has 10 nitrogen and oxygen atoms in total. The number of hydrogen-bond donors (Lipinski definition) is 3. The van der Waals surface area contributed by atoms with Gasteiger partial charge in [0.15, 0.2) is 11.9 Å². The molecule has 0 saturated heterocycles. The molecule has 0 radical (unpaired) electrons. The summed E-state index contributed by atoms with van der Waals surface area (Å²) in [5, 5.41) is 27.3. The second-order valence-corrected chi connectivity index (χ2v) is 4.87. The van der Waals surface area contributed by atoms with E-state index in [9.17, 15) is 13.2 Å². The number of halogens is 3. The minimum Gasteiger partial charge on any atom is -0.473 e. The predicted octanol–water partition coefficient (Wildman–Crippen LogP) is 1.58. The molecule has 0 aliphatic carbocycles. The standard InChI is InChI=1S/C13H11F3N4O2.C2H2O4/c14-13(15,16)11-2-1-8(7-18)12(20-11)21-9(3-5-17)10-4-6-19-22-10;3-1(4)2(5)6/h1-2,4,6,9H,3,5,17H2;(H,3,4)(H,5,6)/t9-;/m1./s1. The molecule has 0 saturated carbocycles. The molecule has 2 rings (SSSR count). The predicted molar refractivity (Wildman–Crippen MR) is 82.8 cm³/mol. The van der Waals surface area contributed by atoms with E-state index in [0.29, 0.717) is 0 Å². The maximum absolute atomic E-state index is 12.7. The SMILES string of the molecule is N#Cc1ccc(C(F)(F)F)nc1O[C@H](CCN)c1ccno1.O=C(O)C(=O)O. The Morgan fingerprint density at radius 3 is 2.36 bits per heavy atom. The summed E-state index contributed by atoms with van der Waals surface area (Å²) in [6.45, 7) is 0.201. The minimum absolute atomic E-state index is 0.116.